The van der Waals surface area contributed by atoms with Crippen LogP contribution in [-0.4, -0.2) is 46.7 Å². The predicted molar refractivity (Wildman–Crippen MR) is 174 cm³/mol. The van der Waals surface area contributed by atoms with Crippen molar-refractivity contribution in [1.29, 1.82) is 0 Å². The minimum atomic E-state index is -4.19. The molecule has 4 aromatic carbocycles. The Morgan fingerprint density at radius 2 is 1.64 bits per heavy atom. The minimum Gasteiger partial charge on any atom is -0.495 e. The highest BCUT2D eigenvalue weighted by atomic mass is 35.5. The van der Waals surface area contributed by atoms with Crippen LogP contribution in [0.1, 0.15) is 29.7 Å². The molecule has 0 fully saturated rings. The van der Waals surface area contributed by atoms with Crippen LogP contribution in [0.25, 0.3) is 0 Å². The fourth-order valence-corrected chi connectivity index (χ4v) is 5.84. The van der Waals surface area contributed by atoms with Crippen LogP contribution in [0, 0.1) is 6.92 Å². The number of ether oxygens (including phenoxy) is 2. The number of hydrazone groups is 1. The van der Waals surface area contributed by atoms with Crippen LogP contribution in [0.3, 0.4) is 0 Å². The topological polar surface area (TPSA) is 126 Å². The third-order valence-corrected chi connectivity index (χ3v) is 8.64. The number of rotatable bonds is 13. The van der Waals surface area contributed by atoms with E-state index in [1.54, 1.807) is 42.5 Å². The Morgan fingerprint density at radius 3 is 2.31 bits per heavy atom. The zero-order valence-electron chi connectivity index (χ0n) is 24.9. The van der Waals surface area contributed by atoms with Gasteiger partial charge in [-0.2, -0.15) is 5.10 Å². The third-order valence-electron chi connectivity index (χ3n) is 6.64. The lowest BCUT2D eigenvalue weighted by Crippen LogP contribution is -2.39. The lowest BCUT2D eigenvalue weighted by atomic mass is 10.1. The smallest absolute Gasteiger partial charge is 0.264 e. The highest BCUT2D eigenvalue weighted by Crippen LogP contribution is 2.34. The Labute approximate surface area is 267 Å². The van der Waals surface area contributed by atoms with Gasteiger partial charge in [0.25, 0.3) is 21.8 Å². The molecule has 12 heteroatoms. The molecule has 0 aliphatic heterocycles. The van der Waals surface area contributed by atoms with Crippen molar-refractivity contribution in [2.75, 3.05) is 24.6 Å². The molecule has 0 radical (unpaired) electrons. The zero-order valence-corrected chi connectivity index (χ0v) is 26.5. The van der Waals surface area contributed by atoms with Gasteiger partial charge in [0.05, 0.1) is 29.9 Å². The van der Waals surface area contributed by atoms with Crippen LogP contribution in [-0.2, 0) is 19.6 Å². The standard InChI is InChI=1S/C33H33ClN4O6S/c1-23-9-16-29(17-10-23)45(41,42)38(30-19-27(34)13-18-31(30)43-3)21-32(39)37-35-20-25-11-14-28(15-12-25)44-22-33(40)36-24(2)26-7-5-4-6-8-26/h4-20,24H,21-22H2,1-3H3,(H,36,40)(H,37,39)/b35-20-/t24-/m0/s1. The monoisotopic (exact) mass is 648 g/mol. The number of benzene rings is 4. The van der Waals surface area contributed by atoms with Gasteiger partial charge < -0.3 is 14.8 Å². The summed E-state index contributed by atoms with van der Waals surface area (Å²) in [6.07, 6.45) is 1.40. The Kier molecular flexibility index (Phi) is 11.2. The summed E-state index contributed by atoms with van der Waals surface area (Å²) < 4.78 is 39.2. The Hall–Kier alpha value is -4.87. The molecule has 45 heavy (non-hydrogen) atoms. The van der Waals surface area contributed by atoms with Gasteiger partial charge in [-0.3, -0.25) is 13.9 Å². The Balaban J connectivity index is 1.38. The molecular formula is C33H33ClN4O6S. The van der Waals surface area contributed by atoms with Crippen molar-refractivity contribution < 1.29 is 27.5 Å². The van der Waals surface area contributed by atoms with E-state index in [2.05, 4.69) is 15.8 Å². The van der Waals surface area contributed by atoms with Gasteiger partial charge in [0.1, 0.15) is 18.0 Å². The number of nitrogens with one attached hydrogen (secondary N) is 2. The molecule has 0 saturated carbocycles. The molecule has 0 aromatic heterocycles. The molecule has 4 rings (SSSR count). The van der Waals surface area contributed by atoms with Crippen LogP contribution in [0.15, 0.2) is 107 Å². The number of carbonyl (C=O) groups is 2. The normalized spacial score (nSPS) is 11.9. The van der Waals surface area contributed by atoms with E-state index in [0.29, 0.717) is 11.3 Å². The van der Waals surface area contributed by atoms with Gasteiger partial charge in [0.15, 0.2) is 6.61 Å². The summed E-state index contributed by atoms with van der Waals surface area (Å²) in [5, 5.41) is 7.13. The molecule has 1 atom stereocenters. The van der Waals surface area contributed by atoms with Crippen molar-refractivity contribution in [3.8, 4) is 11.5 Å². The molecule has 2 N–H and O–H groups in total. The number of nitrogens with zero attached hydrogens (tertiary/aromatic N) is 2. The fourth-order valence-electron chi connectivity index (χ4n) is 4.25. The SMILES string of the molecule is COc1ccc(Cl)cc1N(CC(=O)N/N=C\c1ccc(OCC(=O)N[C@@H](C)c2ccccc2)cc1)S(=O)(=O)c1ccc(C)cc1. The first-order valence-electron chi connectivity index (χ1n) is 13.9. The average molecular weight is 649 g/mol. The summed E-state index contributed by atoms with van der Waals surface area (Å²) in [6.45, 7) is 2.99. The second-order valence-corrected chi connectivity index (χ2v) is 12.3. The van der Waals surface area contributed by atoms with Crippen molar-refractivity contribution >= 4 is 45.3 Å². The van der Waals surface area contributed by atoms with Crippen LogP contribution >= 0.6 is 11.6 Å². The molecule has 2 amide bonds. The molecule has 0 spiro atoms. The van der Waals surface area contributed by atoms with Gasteiger partial charge >= 0.3 is 0 Å². The van der Waals surface area contributed by atoms with E-state index in [4.69, 9.17) is 21.1 Å². The highest BCUT2D eigenvalue weighted by molar-refractivity contribution is 7.92. The van der Waals surface area contributed by atoms with Crippen LogP contribution in [0.2, 0.25) is 5.02 Å². The van der Waals surface area contributed by atoms with Crippen molar-refractivity contribution in [2.24, 2.45) is 5.10 Å². The van der Waals surface area contributed by atoms with Crippen LogP contribution in [0.4, 0.5) is 5.69 Å². The second kappa shape index (κ2) is 15.2. The molecule has 0 bridgehead atoms. The number of methoxy groups -OCH3 is 1. The maximum atomic E-state index is 13.7. The summed E-state index contributed by atoms with van der Waals surface area (Å²) >= 11 is 6.18. The minimum absolute atomic E-state index is 0.00285. The summed E-state index contributed by atoms with van der Waals surface area (Å²) in [5.74, 6) is -0.254. The molecular weight excluding hydrogens is 616 g/mol. The van der Waals surface area contributed by atoms with E-state index in [9.17, 15) is 18.0 Å². The van der Waals surface area contributed by atoms with Gasteiger partial charge in [-0.25, -0.2) is 13.8 Å². The number of amides is 2. The second-order valence-electron chi connectivity index (χ2n) is 9.99. The van der Waals surface area contributed by atoms with Gasteiger partial charge in [0, 0.05) is 5.02 Å². The van der Waals surface area contributed by atoms with Crippen molar-refractivity contribution in [3.63, 3.8) is 0 Å². The number of aryl methyl sites for hydroxylation is 1. The van der Waals surface area contributed by atoms with Gasteiger partial charge in [-0.1, -0.05) is 59.6 Å². The molecule has 0 aliphatic carbocycles. The molecule has 0 aliphatic rings. The van der Waals surface area contributed by atoms with E-state index < -0.39 is 22.5 Å². The number of carbonyl (C=O) groups excluding carboxylic acids is 2. The van der Waals surface area contributed by atoms with Gasteiger partial charge in [-0.05, 0) is 79.6 Å². The van der Waals surface area contributed by atoms with E-state index in [1.807, 2.05) is 44.2 Å². The quantitative estimate of drug-likeness (QED) is 0.151. The predicted octanol–water partition coefficient (Wildman–Crippen LogP) is 5.26. The number of hydrogen-bond acceptors (Lipinski definition) is 7. The van der Waals surface area contributed by atoms with Crippen molar-refractivity contribution in [3.05, 3.63) is 119 Å². The summed E-state index contributed by atoms with van der Waals surface area (Å²) in [7, 11) is -2.80. The first-order valence-corrected chi connectivity index (χ1v) is 15.7. The zero-order chi connectivity index (χ0) is 32.4. The van der Waals surface area contributed by atoms with E-state index in [0.717, 1.165) is 15.4 Å². The fraction of sp³-hybridized carbons (Fsp3) is 0.182. The summed E-state index contributed by atoms with van der Waals surface area (Å²) in [6, 6.07) is 27.0. The highest BCUT2D eigenvalue weighted by Gasteiger charge is 2.29. The maximum Gasteiger partial charge on any atom is 0.264 e. The number of sulfonamides is 1. The lowest BCUT2D eigenvalue weighted by molar-refractivity contribution is -0.123. The Bertz CT molecular complexity index is 1750. The molecule has 4 aromatic rings. The molecule has 234 valence electrons. The van der Waals surface area contributed by atoms with Crippen molar-refractivity contribution in [2.45, 2.75) is 24.8 Å². The maximum absolute atomic E-state index is 13.7. The largest absolute Gasteiger partial charge is 0.495 e. The molecule has 0 unspecified atom stereocenters. The molecule has 10 nitrogen and oxygen atoms in total. The van der Waals surface area contributed by atoms with E-state index in [-0.39, 0.29) is 39.9 Å². The van der Waals surface area contributed by atoms with Crippen LogP contribution in [0.5, 0.6) is 11.5 Å². The summed E-state index contributed by atoms with van der Waals surface area (Å²) in [4.78, 5) is 25.2. The third kappa shape index (κ3) is 9.07. The van der Waals surface area contributed by atoms with Crippen LogP contribution < -0.4 is 24.5 Å². The van der Waals surface area contributed by atoms with E-state index >= 15 is 0 Å². The number of anilines is 1. The molecule has 0 saturated heterocycles. The first-order chi connectivity index (χ1) is 21.6. The van der Waals surface area contributed by atoms with E-state index in [1.165, 1.54) is 37.6 Å². The molecule has 0 heterocycles. The van der Waals surface area contributed by atoms with Gasteiger partial charge in [0.2, 0.25) is 0 Å². The Morgan fingerprint density at radius 1 is 0.956 bits per heavy atom. The average Bonchev–Trinajstić information content (AvgIpc) is 3.03. The van der Waals surface area contributed by atoms with Crippen molar-refractivity contribution in [1.82, 2.24) is 10.7 Å². The number of halogens is 1. The summed E-state index contributed by atoms with van der Waals surface area (Å²) in [5.41, 5.74) is 4.97. The van der Waals surface area contributed by atoms with Gasteiger partial charge in [-0.15, -0.1) is 0 Å². The lowest BCUT2D eigenvalue weighted by Gasteiger charge is -2.25. The number of hydrogen-bond donors (Lipinski definition) is 2. The first kappa shape index (κ1) is 33.0.